The lowest BCUT2D eigenvalue weighted by Crippen LogP contribution is -2.24. The van der Waals surface area contributed by atoms with Crippen LogP contribution in [0.25, 0.3) is 0 Å². The lowest BCUT2D eigenvalue weighted by molar-refractivity contribution is 0.138. The number of anilines is 2. The molecule has 1 atom stereocenters. The fourth-order valence-electron chi connectivity index (χ4n) is 0.796. The number of aliphatic hydroxyl groups is 1. The summed E-state index contributed by atoms with van der Waals surface area (Å²) in [5, 5.41) is 13.9. The van der Waals surface area contributed by atoms with Gasteiger partial charge in [-0.25, -0.2) is 4.98 Å². The van der Waals surface area contributed by atoms with E-state index in [1.165, 1.54) is 11.3 Å². The Morgan fingerprint density at radius 1 is 1.69 bits per heavy atom. The molecule has 13 heavy (non-hydrogen) atoms. The first-order valence-corrected chi connectivity index (χ1v) is 5.04. The normalized spacial score (nSPS) is 13.2. The van der Waals surface area contributed by atoms with E-state index in [4.69, 9.17) is 5.73 Å². The zero-order valence-corrected chi connectivity index (χ0v) is 8.64. The van der Waals surface area contributed by atoms with Gasteiger partial charge >= 0.3 is 0 Å². The largest absolute Gasteiger partial charge is 0.391 e. The predicted molar refractivity (Wildman–Crippen MR) is 55.9 cm³/mol. The van der Waals surface area contributed by atoms with E-state index in [1.54, 1.807) is 6.20 Å². The Morgan fingerprint density at radius 2 is 2.38 bits per heavy atom. The molecule has 4 N–H and O–H groups in total. The van der Waals surface area contributed by atoms with E-state index in [0.29, 0.717) is 11.5 Å². The Morgan fingerprint density at radius 3 is 2.85 bits per heavy atom. The smallest absolute Gasteiger partial charge is 0.184 e. The summed E-state index contributed by atoms with van der Waals surface area (Å²) in [4.78, 5) is 4.02. The van der Waals surface area contributed by atoms with E-state index in [1.807, 2.05) is 13.8 Å². The summed E-state index contributed by atoms with van der Waals surface area (Å²) < 4.78 is 0. The van der Waals surface area contributed by atoms with Crippen molar-refractivity contribution in [3.8, 4) is 0 Å². The van der Waals surface area contributed by atoms with E-state index < -0.39 is 0 Å². The number of aromatic nitrogens is 1. The molecule has 1 unspecified atom stereocenters. The van der Waals surface area contributed by atoms with Crippen LogP contribution >= 0.6 is 11.3 Å². The third-order valence-electron chi connectivity index (χ3n) is 1.76. The third kappa shape index (κ3) is 3.20. The first-order chi connectivity index (χ1) is 6.09. The van der Waals surface area contributed by atoms with Gasteiger partial charge in [-0.3, -0.25) is 0 Å². The van der Waals surface area contributed by atoms with E-state index >= 15 is 0 Å². The second-order valence-corrected chi connectivity index (χ2v) is 4.32. The van der Waals surface area contributed by atoms with Gasteiger partial charge in [0.15, 0.2) is 5.13 Å². The molecule has 0 aliphatic rings. The molecule has 0 aliphatic heterocycles. The Labute approximate surface area is 81.8 Å². The number of aliphatic hydroxyl groups excluding tert-OH is 1. The van der Waals surface area contributed by atoms with Crippen LogP contribution in [-0.4, -0.2) is 22.7 Å². The second kappa shape index (κ2) is 4.43. The minimum absolute atomic E-state index is 0.254. The van der Waals surface area contributed by atoms with Gasteiger partial charge in [-0.1, -0.05) is 25.2 Å². The Hall–Kier alpha value is -0.810. The minimum Gasteiger partial charge on any atom is -0.391 e. The number of nitrogens with two attached hydrogens (primary N) is 1. The molecule has 4 nitrogen and oxygen atoms in total. The predicted octanol–water partition coefficient (Wildman–Crippen LogP) is 1.15. The van der Waals surface area contributed by atoms with E-state index in [2.05, 4.69) is 10.3 Å². The molecule has 74 valence electrons. The highest BCUT2D eigenvalue weighted by atomic mass is 32.1. The number of nitrogens with one attached hydrogen (secondary N) is 1. The Bertz CT molecular complexity index is 262. The molecular weight excluding hydrogens is 186 g/mol. The zero-order valence-electron chi connectivity index (χ0n) is 7.82. The summed E-state index contributed by atoms with van der Waals surface area (Å²) in [7, 11) is 0. The Kier molecular flexibility index (Phi) is 3.50. The molecule has 1 heterocycles. The molecule has 0 aliphatic carbocycles. The van der Waals surface area contributed by atoms with Crippen LogP contribution in [0.2, 0.25) is 0 Å². The van der Waals surface area contributed by atoms with Crippen molar-refractivity contribution in [2.45, 2.75) is 20.0 Å². The summed E-state index contributed by atoms with van der Waals surface area (Å²) >= 11 is 1.39. The molecule has 1 rings (SSSR count). The fraction of sp³-hybridized carbons (Fsp3) is 0.625. The van der Waals surface area contributed by atoms with Crippen LogP contribution in [0.1, 0.15) is 13.8 Å². The van der Waals surface area contributed by atoms with Gasteiger partial charge in [0.25, 0.3) is 0 Å². The van der Waals surface area contributed by atoms with E-state index in [-0.39, 0.29) is 12.0 Å². The summed E-state index contributed by atoms with van der Waals surface area (Å²) in [5.41, 5.74) is 5.50. The minimum atomic E-state index is -0.342. The van der Waals surface area contributed by atoms with Gasteiger partial charge in [-0.2, -0.15) is 0 Å². The summed E-state index contributed by atoms with van der Waals surface area (Å²) in [5.74, 6) is 0.254. The molecule has 0 aromatic carbocycles. The molecule has 0 saturated carbocycles. The van der Waals surface area contributed by atoms with E-state index in [0.717, 1.165) is 5.13 Å². The lowest BCUT2D eigenvalue weighted by Gasteiger charge is -2.14. The first kappa shape index (κ1) is 10.3. The van der Waals surface area contributed by atoms with Gasteiger partial charge in [0.2, 0.25) is 0 Å². The monoisotopic (exact) mass is 201 g/mol. The molecule has 0 radical (unpaired) electrons. The number of thiazole rings is 1. The SMILES string of the molecule is CC(C)C(O)CNc1ncc(N)s1. The molecule has 1 aromatic heterocycles. The van der Waals surface area contributed by atoms with Crippen molar-refractivity contribution in [1.29, 1.82) is 0 Å². The highest BCUT2D eigenvalue weighted by Gasteiger charge is 2.09. The lowest BCUT2D eigenvalue weighted by atomic mass is 10.1. The van der Waals surface area contributed by atoms with Gasteiger partial charge < -0.3 is 16.2 Å². The van der Waals surface area contributed by atoms with E-state index in [9.17, 15) is 5.11 Å². The van der Waals surface area contributed by atoms with Gasteiger partial charge in [0.05, 0.1) is 12.3 Å². The number of rotatable bonds is 4. The van der Waals surface area contributed by atoms with Crippen LogP contribution in [0.3, 0.4) is 0 Å². The molecule has 1 aromatic rings. The highest BCUT2D eigenvalue weighted by Crippen LogP contribution is 2.19. The van der Waals surface area contributed by atoms with Gasteiger partial charge in [-0.05, 0) is 5.92 Å². The standard InChI is InChI=1S/C8H15N3OS/c1-5(2)6(12)3-10-8-11-4-7(9)13-8/h4-6,12H,3,9H2,1-2H3,(H,10,11). The maximum Gasteiger partial charge on any atom is 0.184 e. The zero-order chi connectivity index (χ0) is 9.84. The van der Waals surface area contributed by atoms with Crippen LogP contribution < -0.4 is 11.1 Å². The summed E-state index contributed by atoms with van der Waals surface area (Å²) in [6, 6.07) is 0. The average Bonchev–Trinajstić information content (AvgIpc) is 2.47. The molecular formula is C8H15N3OS. The van der Waals surface area contributed by atoms with Crippen molar-refractivity contribution >= 4 is 21.5 Å². The quantitative estimate of drug-likeness (QED) is 0.683. The van der Waals surface area contributed by atoms with Crippen molar-refractivity contribution < 1.29 is 5.11 Å². The molecule has 0 fully saturated rings. The van der Waals surface area contributed by atoms with Crippen LogP contribution in [-0.2, 0) is 0 Å². The third-order valence-corrected chi connectivity index (χ3v) is 2.54. The van der Waals surface area contributed by atoms with Crippen molar-refractivity contribution in [2.75, 3.05) is 17.6 Å². The van der Waals surface area contributed by atoms with Crippen LogP contribution in [0.4, 0.5) is 10.1 Å². The van der Waals surface area contributed by atoms with Crippen molar-refractivity contribution in [2.24, 2.45) is 5.92 Å². The van der Waals surface area contributed by atoms with Crippen molar-refractivity contribution in [1.82, 2.24) is 4.98 Å². The number of hydrogen-bond acceptors (Lipinski definition) is 5. The Balaban J connectivity index is 2.35. The molecule has 0 saturated heterocycles. The number of hydrogen-bond donors (Lipinski definition) is 3. The van der Waals surface area contributed by atoms with Crippen molar-refractivity contribution in [3.05, 3.63) is 6.20 Å². The number of nitrogens with zero attached hydrogens (tertiary/aromatic N) is 1. The maximum atomic E-state index is 9.48. The summed E-state index contributed by atoms with van der Waals surface area (Å²) in [6.45, 7) is 4.47. The summed E-state index contributed by atoms with van der Waals surface area (Å²) in [6.07, 6.45) is 1.26. The maximum absolute atomic E-state index is 9.48. The first-order valence-electron chi connectivity index (χ1n) is 4.23. The molecule has 5 heteroatoms. The topological polar surface area (TPSA) is 71.2 Å². The van der Waals surface area contributed by atoms with Crippen LogP contribution in [0, 0.1) is 5.92 Å². The second-order valence-electron chi connectivity index (χ2n) is 3.26. The van der Waals surface area contributed by atoms with Gasteiger partial charge in [0.1, 0.15) is 5.00 Å². The van der Waals surface area contributed by atoms with Crippen molar-refractivity contribution in [3.63, 3.8) is 0 Å². The fourth-order valence-corrected chi connectivity index (χ4v) is 1.39. The highest BCUT2D eigenvalue weighted by molar-refractivity contribution is 7.19. The van der Waals surface area contributed by atoms with Gasteiger partial charge in [0, 0.05) is 6.54 Å². The molecule has 0 spiro atoms. The number of nitrogen functional groups attached to an aromatic ring is 1. The average molecular weight is 201 g/mol. The van der Waals surface area contributed by atoms with Crippen LogP contribution in [0.15, 0.2) is 6.20 Å². The molecule has 0 bridgehead atoms. The molecule has 0 amide bonds. The van der Waals surface area contributed by atoms with Gasteiger partial charge in [-0.15, -0.1) is 0 Å². The van der Waals surface area contributed by atoms with Crippen LogP contribution in [0.5, 0.6) is 0 Å².